The zero-order chi connectivity index (χ0) is 47.2. The van der Waals surface area contributed by atoms with Gasteiger partial charge in [0.2, 0.25) is 5.91 Å². The van der Waals surface area contributed by atoms with Gasteiger partial charge in [-0.2, -0.15) is 0 Å². The molecule has 3 atom stereocenters. The SMILES string of the molecule is CCCCCCCCCCCCCC/C=C\CCCCCCCCCCCCCC(O)CC(=O)NC(CO)C(O)CCCCCCCCCCCCCCCCCCCCCCCCC. The topological polar surface area (TPSA) is 89.8 Å². The zero-order valence-electron chi connectivity index (χ0n) is 44.4. The van der Waals surface area contributed by atoms with Crippen molar-refractivity contribution in [1.82, 2.24) is 5.32 Å². The molecule has 5 heteroatoms. The van der Waals surface area contributed by atoms with Crippen LogP contribution in [0, 0.1) is 0 Å². The van der Waals surface area contributed by atoms with Gasteiger partial charge in [0, 0.05) is 0 Å². The van der Waals surface area contributed by atoms with Crippen molar-refractivity contribution in [2.24, 2.45) is 0 Å². The maximum Gasteiger partial charge on any atom is 0.222 e. The highest BCUT2D eigenvalue weighted by Gasteiger charge is 2.21. The molecule has 0 spiro atoms. The van der Waals surface area contributed by atoms with E-state index < -0.39 is 18.2 Å². The Morgan fingerprint density at radius 2 is 0.615 bits per heavy atom. The monoisotopic (exact) mass is 918 g/mol. The molecule has 0 aliphatic heterocycles. The van der Waals surface area contributed by atoms with E-state index in [9.17, 15) is 20.1 Å². The summed E-state index contributed by atoms with van der Waals surface area (Å²) in [7, 11) is 0. The van der Waals surface area contributed by atoms with E-state index in [2.05, 4.69) is 31.3 Å². The first kappa shape index (κ1) is 64.1. The zero-order valence-corrected chi connectivity index (χ0v) is 44.4. The number of carbonyl (C=O) groups is 1. The van der Waals surface area contributed by atoms with Gasteiger partial charge in [0.15, 0.2) is 0 Å². The fraction of sp³-hybridized carbons (Fsp3) is 0.950. The first-order valence-electron chi connectivity index (χ1n) is 30.0. The van der Waals surface area contributed by atoms with Crippen LogP contribution in [0.5, 0.6) is 0 Å². The molecule has 0 rings (SSSR count). The average molecular weight is 919 g/mol. The molecule has 0 heterocycles. The van der Waals surface area contributed by atoms with Crippen LogP contribution in [0.3, 0.4) is 0 Å². The molecule has 4 N–H and O–H groups in total. The lowest BCUT2D eigenvalue weighted by Crippen LogP contribution is -2.46. The molecule has 0 aromatic carbocycles. The van der Waals surface area contributed by atoms with Crippen LogP contribution in [0.4, 0.5) is 0 Å². The number of carbonyl (C=O) groups excluding carboxylic acids is 1. The fourth-order valence-electron chi connectivity index (χ4n) is 9.76. The average Bonchev–Trinajstić information content (AvgIpc) is 3.30. The molecule has 0 saturated carbocycles. The number of aliphatic hydroxyl groups excluding tert-OH is 3. The minimum atomic E-state index is -0.748. The van der Waals surface area contributed by atoms with Gasteiger partial charge in [-0.25, -0.2) is 0 Å². The maximum absolute atomic E-state index is 12.6. The molecule has 0 aromatic heterocycles. The number of unbranched alkanes of at least 4 members (excludes halogenated alkanes) is 45. The first-order chi connectivity index (χ1) is 32.0. The third-order valence-corrected chi connectivity index (χ3v) is 14.3. The van der Waals surface area contributed by atoms with Crippen LogP contribution in [0.25, 0.3) is 0 Å². The highest BCUT2D eigenvalue weighted by Crippen LogP contribution is 2.18. The van der Waals surface area contributed by atoms with Crippen molar-refractivity contribution in [2.75, 3.05) is 6.61 Å². The first-order valence-corrected chi connectivity index (χ1v) is 30.0. The lowest BCUT2D eigenvalue weighted by atomic mass is 10.0. The van der Waals surface area contributed by atoms with E-state index >= 15 is 0 Å². The van der Waals surface area contributed by atoms with Gasteiger partial charge in [-0.05, 0) is 38.5 Å². The summed E-state index contributed by atoms with van der Waals surface area (Å²) in [5.41, 5.74) is 0. The Hall–Kier alpha value is -0.910. The summed E-state index contributed by atoms with van der Waals surface area (Å²) in [5, 5.41) is 33.7. The summed E-state index contributed by atoms with van der Waals surface area (Å²) in [6.07, 6.45) is 69.5. The molecule has 0 radical (unpaired) electrons. The highest BCUT2D eigenvalue weighted by molar-refractivity contribution is 5.76. The smallest absolute Gasteiger partial charge is 0.222 e. The van der Waals surface area contributed by atoms with E-state index in [-0.39, 0.29) is 18.9 Å². The van der Waals surface area contributed by atoms with E-state index in [1.807, 2.05) is 0 Å². The molecule has 0 aliphatic carbocycles. The minimum absolute atomic E-state index is 0.0401. The fourth-order valence-corrected chi connectivity index (χ4v) is 9.76. The number of aliphatic hydroxyl groups is 3. The number of hydrogen-bond donors (Lipinski definition) is 4. The van der Waals surface area contributed by atoms with Crippen LogP contribution in [-0.2, 0) is 4.79 Å². The van der Waals surface area contributed by atoms with Gasteiger partial charge in [0.1, 0.15) is 0 Å². The van der Waals surface area contributed by atoms with E-state index in [1.54, 1.807) is 0 Å². The molecule has 5 nitrogen and oxygen atoms in total. The largest absolute Gasteiger partial charge is 0.394 e. The van der Waals surface area contributed by atoms with Crippen molar-refractivity contribution in [3.05, 3.63) is 12.2 Å². The molecule has 0 aliphatic rings. The van der Waals surface area contributed by atoms with Gasteiger partial charge in [0.25, 0.3) is 0 Å². The Kier molecular flexibility index (Phi) is 54.9. The van der Waals surface area contributed by atoms with Crippen molar-refractivity contribution in [1.29, 1.82) is 0 Å². The van der Waals surface area contributed by atoms with Crippen molar-refractivity contribution in [2.45, 2.75) is 360 Å². The molecule has 0 fully saturated rings. The number of amides is 1. The Morgan fingerprint density at radius 3 is 0.892 bits per heavy atom. The van der Waals surface area contributed by atoms with Gasteiger partial charge in [0.05, 0.1) is 31.3 Å². The quantitative estimate of drug-likeness (QED) is 0.0361. The summed E-state index contributed by atoms with van der Waals surface area (Å²) in [6, 6.07) is -0.657. The molecule has 388 valence electrons. The lowest BCUT2D eigenvalue weighted by Gasteiger charge is -2.23. The summed E-state index contributed by atoms with van der Waals surface area (Å²) in [6.45, 7) is 4.31. The van der Waals surface area contributed by atoms with Crippen LogP contribution < -0.4 is 5.32 Å². The second kappa shape index (κ2) is 55.7. The van der Waals surface area contributed by atoms with E-state index in [1.165, 1.54) is 283 Å². The van der Waals surface area contributed by atoms with Crippen molar-refractivity contribution in [3.63, 3.8) is 0 Å². The van der Waals surface area contributed by atoms with Crippen LogP contribution in [0.1, 0.15) is 341 Å². The Labute approximate surface area is 408 Å². The Balaban J connectivity index is 3.50. The molecule has 3 unspecified atom stereocenters. The summed E-state index contributed by atoms with van der Waals surface area (Å²) < 4.78 is 0. The van der Waals surface area contributed by atoms with E-state index in [0.29, 0.717) is 12.8 Å². The molecular formula is C60H119NO4. The molecular weight excluding hydrogens is 799 g/mol. The minimum Gasteiger partial charge on any atom is -0.394 e. The summed E-state index contributed by atoms with van der Waals surface area (Å²) in [5.74, 6) is -0.276. The van der Waals surface area contributed by atoms with Crippen LogP contribution >= 0.6 is 0 Å². The van der Waals surface area contributed by atoms with Gasteiger partial charge < -0.3 is 20.6 Å². The predicted octanol–water partition coefficient (Wildman–Crippen LogP) is 18.7. The van der Waals surface area contributed by atoms with Crippen LogP contribution in [0.15, 0.2) is 12.2 Å². The van der Waals surface area contributed by atoms with Crippen molar-refractivity contribution >= 4 is 5.91 Å². The van der Waals surface area contributed by atoms with Gasteiger partial charge in [-0.3, -0.25) is 4.79 Å². The second-order valence-corrected chi connectivity index (χ2v) is 21.0. The lowest BCUT2D eigenvalue weighted by molar-refractivity contribution is -0.125. The number of hydrogen-bond acceptors (Lipinski definition) is 4. The Bertz CT molecular complexity index is 925. The van der Waals surface area contributed by atoms with E-state index in [4.69, 9.17) is 0 Å². The maximum atomic E-state index is 12.6. The van der Waals surface area contributed by atoms with Gasteiger partial charge >= 0.3 is 0 Å². The molecule has 0 aromatic rings. The Morgan fingerprint density at radius 1 is 0.369 bits per heavy atom. The summed E-state index contributed by atoms with van der Waals surface area (Å²) >= 11 is 0. The number of allylic oxidation sites excluding steroid dienone is 2. The van der Waals surface area contributed by atoms with E-state index in [0.717, 1.165) is 25.7 Å². The van der Waals surface area contributed by atoms with Crippen LogP contribution in [-0.4, -0.2) is 46.1 Å². The predicted molar refractivity (Wildman–Crippen MR) is 287 cm³/mol. The van der Waals surface area contributed by atoms with Crippen molar-refractivity contribution in [3.8, 4) is 0 Å². The summed E-state index contributed by atoms with van der Waals surface area (Å²) in [4.78, 5) is 12.6. The molecule has 1 amide bonds. The van der Waals surface area contributed by atoms with Gasteiger partial charge in [-0.15, -0.1) is 0 Å². The number of rotatable bonds is 56. The van der Waals surface area contributed by atoms with Crippen molar-refractivity contribution < 1.29 is 20.1 Å². The molecule has 0 bridgehead atoms. The number of nitrogens with one attached hydrogen (secondary N) is 1. The third-order valence-electron chi connectivity index (χ3n) is 14.3. The van der Waals surface area contributed by atoms with Gasteiger partial charge in [-0.1, -0.05) is 309 Å². The highest BCUT2D eigenvalue weighted by atomic mass is 16.3. The normalized spacial score (nSPS) is 13.2. The standard InChI is InChI=1S/C60H119NO4/c1-3-5-7-9-11-13-15-17-19-21-23-25-27-28-29-30-32-33-35-37-39-41-43-45-47-49-51-53-57(63)55-60(65)61-58(56-62)59(64)54-52-50-48-46-44-42-40-38-36-34-31-26-24-22-20-18-16-14-12-10-8-6-4-2/h28-29,57-59,62-64H,3-27,30-56H2,1-2H3,(H,61,65)/b29-28-. The van der Waals surface area contributed by atoms with Crippen LogP contribution in [0.2, 0.25) is 0 Å². The molecule has 0 saturated heterocycles. The second-order valence-electron chi connectivity index (χ2n) is 21.0. The molecule has 65 heavy (non-hydrogen) atoms. The third kappa shape index (κ3) is 52.3.